The molecule has 1 aliphatic heterocycles. The number of hydrogen-bond donors (Lipinski definition) is 2. The number of nitrogens with one attached hydrogen (secondary N) is 1. The van der Waals surface area contributed by atoms with Crippen molar-refractivity contribution < 1.29 is 8.42 Å². The Morgan fingerprint density at radius 1 is 1.57 bits per heavy atom. The molecular formula is C9H20N2O2S. The fraction of sp³-hybridized carbons (Fsp3) is 1.00. The molecule has 1 aliphatic rings. The first-order valence-electron chi connectivity index (χ1n) is 5.04. The second-order valence-corrected chi connectivity index (χ2v) is 6.78. The van der Waals surface area contributed by atoms with Crippen LogP contribution in [0, 0.1) is 0 Å². The molecule has 5 heteroatoms. The van der Waals surface area contributed by atoms with Gasteiger partial charge in [0.15, 0.2) is 9.84 Å². The molecule has 3 N–H and O–H groups in total. The molecular weight excluding hydrogens is 200 g/mol. The molecule has 4 nitrogen and oxygen atoms in total. The van der Waals surface area contributed by atoms with E-state index < -0.39 is 9.84 Å². The highest BCUT2D eigenvalue weighted by Gasteiger charge is 2.37. The van der Waals surface area contributed by atoms with E-state index in [4.69, 9.17) is 5.73 Å². The normalized spacial score (nSPS) is 33.1. The fourth-order valence-electron chi connectivity index (χ4n) is 1.75. The zero-order chi connectivity index (χ0) is 10.8. The molecule has 0 saturated carbocycles. The minimum absolute atomic E-state index is 0.170. The van der Waals surface area contributed by atoms with Gasteiger partial charge >= 0.3 is 0 Å². The molecule has 0 aromatic heterocycles. The van der Waals surface area contributed by atoms with Gasteiger partial charge in [-0.05, 0) is 33.2 Å². The van der Waals surface area contributed by atoms with E-state index in [9.17, 15) is 8.42 Å². The molecule has 2 unspecified atom stereocenters. The predicted molar refractivity (Wildman–Crippen MR) is 57.9 cm³/mol. The summed E-state index contributed by atoms with van der Waals surface area (Å²) in [4.78, 5) is 0. The van der Waals surface area contributed by atoms with Crippen molar-refractivity contribution in [1.29, 1.82) is 0 Å². The third kappa shape index (κ3) is 3.55. The van der Waals surface area contributed by atoms with Gasteiger partial charge in [0.05, 0.1) is 11.5 Å². The number of hydrogen-bond acceptors (Lipinski definition) is 4. The summed E-state index contributed by atoms with van der Waals surface area (Å²) in [6.45, 7) is 4.72. The molecule has 1 heterocycles. The molecule has 0 radical (unpaired) electrons. The first-order chi connectivity index (χ1) is 6.33. The van der Waals surface area contributed by atoms with Gasteiger partial charge in [0.1, 0.15) is 0 Å². The molecule has 1 fully saturated rings. The van der Waals surface area contributed by atoms with Crippen molar-refractivity contribution in [2.24, 2.45) is 5.73 Å². The summed E-state index contributed by atoms with van der Waals surface area (Å²) in [5, 5.41) is 3.29. The average molecular weight is 220 g/mol. The quantitative estimate of drug-likeness (QED) is 0.693. The molecule has 2 atom stereocenters. The van der Waals surface area contributed by atoms with Crippen molar-refractivity contribution in [3.63, 3.8) is 0 Å². The molecule has 0 aromatic carbocycles. The van der Waals surface area contributed by atoms with Gasteiger partial charge in [-0.25, -0.2) is 8.42 Å². The summed E-state index contributed by atoms with van der Waals surface area (Å²) in [6.07, 6.45) is 1.60. The van der Waals surface area contributed by atoms with Gasteiger partial charge in [-0.15, -0.1) is 0 Å². The summed E-state index contributed by atoms with van der Waals surface area (Å²) < 4.78 is 22.6. The Bertz CT molecular complexity index is 287. The van der Waals surface area contributed by atoms with Crippen LogP contribution in [0.15, 0.2) is 0 Å². The first kappa shape index (κ1) is 11.9. The van der Waals surface area contributed by atoms with Gasteiger partial charge in [-0.2, -0.15) is 0 Å². The Morgan fingerprint density at radius 3 is 2.64 bits per heavy atom. The van der Waals surface area contributed by atoms with E-state index in [1.165, 1.54) is 0 Å². The van der Waals surface area contributed by atoms with Crippen molar-refractivity contribution in [3.8, 4) is 0 Å². The lowest BCUT2D eigenvalue weighted by Crippen LogP contribution is -2.44. The lowest BCUT2D eigenvalue weighted by atomic mass is 10.0. The van der Waals surface area contributed by atoms with Crippen molar-refractivity contribution in [2.75, 3.05) is 18.1 Å². The van der Waals surface area contributed by atoms with Crippen LogP contribution in [0.3, 0.4) is 0 Å². The summed E-state index contributed by atoms with van der Waals surface area (Å²) >= 11 is 0. The maximum atomic E-state index is 11.3. The van der Waals surface area contributed by atoms with E-state index in [2.05, 4.69) is 5.32 Å². The maximum absolute atomic E-state index is 11.3. The highest BCUT2D eigenvalue weighted by Crippen LogP contribution is 2.22. The first-order valence-corrected chi connectivity index (χ1v) is 6.86. The Morgan fingerprint density at radius 2 is 2.21 bits per heavy atom. The van der Waals surface area contributed by atoms with E-state index >= 15 is 0 Å². The second kappa shape index (κ2) is 4.16. The van der Waals surface area contributed by atoms with Gasteiger partial charge in [0.2, 0.25) is 0 Å². The van der Waals surface area contributed by atoms with Crippen LogP contribution in [0.5, 0.6) is 0 Å². The highest BCUT2D eigenvalue weighted by atomic mass is 32.2. The SMILES string of the molecule is CC(N)CCNC1(C)CCS(=O)(=O)C1. The Hall–Kier alpha value is -0.130. The number of rotatable bonds is 4. The summed E-state index contributed by atoms with van der Waals surface area (Å²) in [5.41, 5.74) is 5.39. The van der Waals surface area contributed by atoms with Gasteiger partial charge in [0, 0.05) is 11.6 Å². The zero-order valence-electron chi connectivity index (χ0n) is 8.91. The standard InChI is InChI=1S/C9H20N2O2S/c1-8(10)3-5-11-9(2)4-6-14(12,13)7-9/h8,11H,3-7,10H2,1-2H3. The van der Waals surface area contributed by atoms with Crippen LogP contribution in [0.2, 0.25) is 0 Å². The van der Waals surface area contributed by atoms with Crippen molar-refractivity contribution in [2.45, 2.75) is 38.3 Å². The lowest BCUT2D eigenvalue weighted by molar-refractivity contribution is 0.388. The van der Waals surface area contributed by atoms with Crippen molar-refractivity contribution in [1.82, 2.24) is 5.32 Å². The topological polar surface area (TPSA) is 72.2 Å². The summed E-state index contributed by atoms with van der Waals surface area (Å²) in [5.74, 6) is 0.577. The second-order valence-electron chi connectivity index (χ2n) is 4.60. The molecule has 0 aromatic rings. The van der Waals surface area contributed by atoms with E-state index in [-0.39, 0.29) is 17.3 Å². The van der Waals surface area contributed by atoms with Gasteiger partial charge in [0.25, 0.3) is 0 Å². The van der Waals surface area contributed by atoms with E-state index in [1.54, 1.807) is 0 Å². The summed E-state index contributed by atoms with van der Waals surface area (Å²) in [7, 11) is -2.80. The van der Waals surface area contributed by atoms with Crippen LogP contribution in [-0.2, 0) is 9.84 Å². The number of nitrogens with two attached hydrogens (primary N) is 1. The van der Waals surface area contributed by atoms with Crippen molar-refractivity contribution >= 4 is 9.84 Å². The Labute approximate surface area is 86.2 Å². The van der Waals surface area contributed by atoms with Crippen LogP contribution in [0.1, 0.15) is 26.7 Å². The monoisotopic (exact) mass is 220 g/mol. The molecule has 0 bridgehead atoms. The molecule has 84 valence electrons. The Balaban J connectivity index is 2.38. The Kier molecular flexibility index (Phi) is 3.55. The molecule has 1 rings (SSSR count). The predicted octanol–water partition coefficient (Wildman–Crippen LogP) is -0.109. The van der Waals surface area contributed by atoms with E-state index in [1.807, 2.05) is 13.8 Å². The average Bonchev–Trinajstić information content (AvgIpc) is 2.25. The maximum Gasteiger partial charge on any atom is 0.152 e. The molecule has 14 heavy (non-hydrogen) atoms. The zero-order valence-corrected chi connectivity index (χ0v) is 9.73. The molecule has 0 amide bonds. The van der Waals surface area contributed by atoms with Crippen LogP contribution >= 0.6 is 0 Å². The molecule has 0 spiro atoms. The number of sulfone groups is 1. The lowest BCUT2D eigenvalue weighted by Gasteiger charge is -2.24. The van der Waals surface area contributed by atoms with Gasteiger partial charge < -0.3 is 11.1 Å². The molecule has 1 saturated heterocycles. The smallest absolute Gasteiger partial charge is 0.152 e. The summed E-state index contributed by atoms with van der Waals surface area (Å²) in [6, 6.07) is 0.170. The largest absolute Gasteiger partial charge is 0.328 e. The van der Waals surface area contributed by atoms with Gasteiger partial charge in [-0.1, -0.05) is 0 Å². The highest BCUT2D eigenvalue weighted by molar-refractivity contribution is 7.91. The van der Waals surface area contributed by atoms with Gasteiger partial charge in [-0.3, -0.25) is 0 Å². The molecule has 0 aliphatic carbocycles. The van der Waals surface area contributed by atoms with Crippen LogP contribution in [0.4, 0.5) is 0 Å². The minimum atomic E-state index is -2.80. The van der Waals surface area contributed by atoms with Crippen LogP contribution in [-0.4, -0.2) is 38.0 Å². The van der Waals surface area contributed by atoms with Crippen molar-refractivity contribution in [3.05, 3.63) is 0 Å². The minimum Gasteiger partial charge on any atom is -0.328 e. The van der Waals surface area contributed by atoms with Crippen LogP contribution < -0.4 is 11.1 Å². The third-order valence-electron chi connectivity index (χ3n) is 2.65. The van der Waals surface area contributed by atoms with Crippen LogP contribution in [0.25, 0.3) is 0 Å². The van der Waals surface area contributed by atoms with E-state index in [0.717, 1.165) is 13.0 Å². The fourth-order valence-corrected chi connectivity index (χ4v) is 3.87. The third-order valence-corrected chi connectivity index (χ3v) is 4.56. The van der Waals surface area contributed by atoms with E-state index in [0.29, 0.717) is 12.2 Å².